The van der Waals surface area contributed by atoms with Gasteiger partial charge in [0.25, 0.3) is 0 Å². The van der Waals surface area contributed by atoms with Gasteiger partial charge in [-0.05, 0) is 18.2 Å². The minimum Gasteiger partial charge on any atom is -0.508 e. The molecule has 0 heterocycles. The molecule has 0 aliphatic rings. The van der Waals surface area contributed by atoms with Crippen molar-refractivity contribution < 1.29 is 15.0 Å². The quantitative estimate of drug-likeness (QED) is 0.382. The molecule has 1 aromatic rings. The number of aliphatic carboxylic acids is 1. The highest BCUT2D eigenvalue weighted by atomic mass is 16.4. The van der Waals surface area contributed by atoms with Crippen LogP contribution in [0.25, 0.3) is 0 Å². The van der Waals surface area contributed by atoms with Gasteiger partial charge in [0.1, 0.15) is 11.8 Å². The van der Waals surface area contributed by atoms with E-state index in [0.717, 1.165) is 0 Å². The molecule has 0 saturated heterocycles. The standard InChI is InChI=1S/C8H10N2O3/c9-4-1-2-6(11)5(3-4)7(10)8(12)13/h1-3,7,11H,9-10H2,(H,12,13)/t7-/m0/s1. The number of carbonyl (C=O) groups is 1. The van der Waals surface area contributed by atoms with Crippen LogP contribution >= 0.6 is 0 Å². The third-order valence-corrected chi connectivity index (χ3v) is 1.65. The maximum Gasteiger partial charge on any atom is 0.325 e. The molecule has 1 atom stereocenters. The number of phenols is 1. The molecule has 70 valence electrons. The number of benzene rings is 1. The van der Waals surface area contributed by atoms with Gasteiger partial charge in [0, 0.05) is 11.3 Å². The topological polar surface area (TPSA) is 110 Å². The molecule has 1 aromatic carbocycles. The van der Waals surface area contributed by atoms with Crippen LogP contribution in [-0.2, 0) is 4.79 Å². The first-order chi connectivity index (χ1) is 6.02. The maximum absolute atomic E-state index is 10.5. The van der Waals surface area contributed by atoms with Crippen LogP contribution in [0.5, 0.6) is 5.75 Å². The van der Waals surface area contributed by atoms with Gasteiger partial charge in [0.05, 0.1) is 0 Å². The molecule has 0 aromatic heterocycles. The molecule has 13 heavy (non-hydrogen) atoms. The summed E-state index contributed by atoms with van der Waals surface area (Å²) in [6, 6.07) is 2.87. The van der Waals surface area contributed by atoms with Crippen LogP contribution < -0.4 is 11.5 Å². The predicted octanol–water partition coefficient (Wildman–Crippen LogP) is 0.0588. The molecule has 0 fully saturated rings. The average molecular weight is 182 g/mol. The molecule has 1 rings (SSSR count). The van der Waals surface area contributed by atoms with E-state index in [-0.39, 0.29) is 11.3 Å². The molecule has 0 aliphatic carbocycles. The molecule has 0 radical (unpaired) electrons. The van der Waals surface area contributed by atoms with Crippen molar-refractivity contribution in [1.82, 2.24) is 0 Å². The smallest absolute Gasteiger partial charge is 0.325 e. The van der Waals surface area contributed by atoms with Crippen LogP contribution in [0, 0.1) is 0 Å². The van der Waals surface area contributed by atoms with Crippen molar-refractivity contribution in [3.05, 3.63) is 23.8 Å². The third-order valence-electron chi connectivity index (χ3n) is 1.65. The van der Waals surface area contributed by atoms with Crippen LogP contribution in [0.15, 0.2) is 18.2 Å². The Labute approximate surface area is 74.6 Å². The van der Waals surface area contributed by atoms with E-state index >= 15 is 0 Å². The van der Waals surface area contributed by atoms with Crippen LogP contribution in [0.4, 0.5) is 5.69 Å². The van der Waals surface area contributed by atoms with Crippen LogP contribution in [0.3, 0.4) is 0 Å². The Morgan fingerprint density at radius 3 is 2.62 bits per heavy atom. The highest BCUT2D eigenvalue weighted by molar-refractivity contribution is 5.76. The Kier molecular flexibility index (Phi) is 2.39. The van der Waals surface area contributed by atoms with E-state index in [1.54, 1.807) is 0 Å². The first-order valence-corrected chi connectivity index (χ1v) is 3.59. The summed E-state index contributed by atoms with van der Waals surface area (Å²) in [6.45, 7) is 0. The summed E-state index contributed by atoms with van der Waals surface area (Å²) in [4.78, 5) is 10.5. The predicted molar refractivity (Wildman–Crippen MR) is 47.1 cm³/mol. The zero-order chi connectivity index (χ0) is 10.0. The summed E-state index contributed by atoms with van der Waals surface area (Å²) < 4.78 is 0. The molecule has 0 aliphatic heterocycles. The number of nitrogens with two attached hydrogens (primary N) is 2. The number of nitrogen functional groups attached to an aromatic ring is 1. The van der Waals surface area contributed by atoms with Crippen molar-refractivity contribution in [2.45, 2.75) is 6.04 Å². The van der Waals surface area contributed by atoms with Gasteiger partial charge in [-0.3, -0.25) is 4.79 Å². The second-order valence-corrected chi connectivity index (χ2v) is 2.63. The van der Waals surface area contributed by atoms with Crippen molar-refractivity contribution in [2.24, 2.45) is 5.73 Å². The molecule has 0 unspecified atom stereocenters. The van der Waals surface area contributed by atoms with Gasteiger partial charge in [0.2, 0.25) is 0 Å². The average Bonchev–Trinajstić information content (AvgIpc) is 2.08. The molecule has 5 heteroatoms. The lowest BCUT2D eigenvalue weighted by Gasteiger charge is -2.09. The van der Waals surface area contributed by atoms with Crippen molar-refractivity contribution in [1.29, 1.82) is 0 Å². The molecular formula is C8H10N2O3. The van der Waals surface area contributed by atoms with E-state index in [9.17, 15) is 9.90 Å². The molecule has 0 saturated carbocycles. The fourth-order valence-electron chi connectivity index (χ4n) is 0.955. The number of carboxylic acids is 1. The van der Waals surface area contributed by atoms with Gasteiger partial charge in [0.15, 0.2) is 0 Å². The highest BCUT2D eigenvalue weighted by Gasteiger charge is 2.17. The highest BCUT2D eigenvalue weighted by Crippen LogP contribution is 2.24. The number of anilines is 1. The lowest BCUT2D eigenvalue weighted by Crippen LogP contribution is -2.20. The van der Waals surface area contributed by atoms with Gasteiger partial charge < -0.3 is 21.7 Å². The summed E-state index contributed by atoms with van der Waals surface area (Å²) in [5.74, 6) is -1.37. The summed E-state index contributed by atoms with van der Waals surface area (Å²) in [6.07, 6.45) is 0. The van der Waals surface area contributed by atoms with E-state index in [4.69, 9.17) is 16.6 Å². The van der Waals surface area contributed by atoms with Crippen molar-refractivity contribution >= 4 is 11.7 Å². The third kappa shape index (κ3) is 1.88. The zero-order valence-corrected chi connectivity index (χ0v) is 6.77. The first kappa shape index (κ1) is 9.34. The second-order valence-electron chi connectivity index (χ2n) is 2.63. The second kappa shape index (κ2) is 3.32. The van der Waals surface area contributed by atoms with Crippen molar-refractivity contribution in [3.8, 4) is 5.75 Å². The van der Waals surface area contributed by atoms with Crippen LogP contribution in [-0.4, -0.2) is 16.2 Å². The number of rotatable bonds is 2. The van der Waals surface area contributed by atoms with Gasteiger partial charge in [-0.2, -0.15) is 0 Å². The minimum atomic E-state index is -1.25. The normalized spacial score (nSPS) is 12.4. The van der Waals surface area contributed by atoms with E-state index in [2.05, 4.69) is 0 Å². The van der Waals surface area contributed by atoms with Gasteiger partial charge in [-0.15, -0.1) is 0 Å². The molecule has 0 spiro atoms. The zero-order valence-electron chi connectivity index (χ0n) is 6.77. The van der Waals surface area contributed by atoms with Crippen LogP contribution in [0.1, 0.15) is 11.6 Å². The Hall–Kier alpha value is -1.75. The Balaban J connectivity index is 3.12. The minimum absolute atomic E-state index is 0.118. The number of hydrogen-bond donors (Lipinski definition) is 4. The van der Waals surface area contributed by atoms with E-state index in [1.807, 2.05) is 0 Å². The molecule has 0 bridgehead atoms. The van der Waals surface area contributed by atoms with E-state index in [1.165, 1.54) is 18.2 Å². The fraction of sp³-hybridized carbons (Fsp3) is 0.125. The lowest BCUT2D eigenvalue weighted by molar-refractivity contribution is -0.138. The van der Waals surface area contributed by atoms with Gasteiger partial charge in [-0.25, -0.2) is 0 Å². The molecule has 6 N–H and O–H groups in total. The Morgan fingerprint density at radius 2 is 2.08 bits per heavy atom. The first-order valence-electron chi connectivity index (χ1n) is 3.59. The number of aromatic hydroxyl groups is 1. The monoisotopic (exact) mass is 182 g/mol. The molecule has 0 amide bonds. The largest absolute Gasteiger partial charge is 0.508 e. The fourth-order valence-corrected chi connectivity index (χ4v) is 0.955. The summed E-state index contributed by atoms with van der Waals surface area (Å²) in [5, 5.41) is 17.8. The Bertz CT molecular complexity index is 338. The van der Waals surface area contributed by atoms with E-state index in [0.29, 0.717) is 5.69 Å². The van der Waals surface area contributed by atoms with Crippen LogP contribution in [0.2, 0.25) is 0 Å². The number of hydrogen-bond acceptors (Lipinski definition) is 4. The SMILES string of the molecule is Nc1ccc(O)c([C@H](N)C(=O)O)c1. The number of carboxylic acid groups (broad SMARTS) is 1. The number of phenolic OH excluding ortho intramolecular Hbond substituents is 1. The van der Waals surface area contributed by atoms with Gasteiger partial charge >= 0.3 is 5.97 Å². The van der Waals surface area contributed by atoms with Crippen molar-refractivity contribution in [2.75, 3.05) is 5.73 Å². The Morgan fingerprint density at radius 1 is 1.46 bits per heavy atom. The van der Waals surface area contributed by atoms with E-state index < -0.39 is 12.0 Å². The van der Waals surface area contributed by atoms with Gasteiger partial charge in [-0.1, -0.05) is 0 Å². The summed E-state index contributed by atoms with van der Waals surface area (Å²) in [5.41, 5.74) is 11.2. The summed E-state index contributed by atoms with van der Waals surface area (Å²) in [7, 11) is 0. The summed E-state index contributed by atoms with van der Waals surface area (Å²) >= 11 is 0. The lowest BCUT2D eigenvalue weighted by atomic mass is 10.1. The maximum atomic E-state index is 10.5. The molecular weight excluding hydrogens is 172 g/mol. The molecule has 5 nitrogen and oxygen atoms in total. The van der Waals surface area contributed by atoms with Crippen molar-refractivity contribution in [3.63, 3.8) is 0 Å².